The van der Waals surface area contributed by atoms with Crippen LogP contribution in [0.3, 0.4) is 0 Å². The van der Waals surface area contributed by atoms with Gasteiger partial charge in [0.05, 0.1) is 35.2 Å². The fourth-order valence-electron chi connectivity index (χ4n) is 5.56. The number of nitrogens with zero attached hydrogens (tertiary/aromatic N) is 7. The van der Waals surface area contributed by atoms with Gasteiger partial charge in [-0.05, 0) is 50.0 Å². The summed E-state index contributed by atoms with van der Waals surface area (Å²) in [6.45, 7) is 1.60. The molecule has 0 aliphatic carbocycles. The van der Waals surface area contributed by atoms with Crippen molar-refractivity contribution in [1.29, 1.82) is 0 Å². The molecule has 45 heavy (non-hydrogen) atoms. The number of rotatable bonds is 9. The maximum absolute atomic E-state index is 14.6. The van der Waals surface area contributed by atoms with Crippen LogP contribution in [-0.2, 0) is 6.54 Å². The SMILES string of the molecule is CN(C)CCOc1cc(F)cc(-c2nccc3[nH]c(-c4n[nH]c5cnc(-c6cncc(CN7CCC(F)(F)C7)c6)cc45)nc23)c1. The van der Waals surface area contributed by atoms with Crippen LogP contribution in [0.25, 0.3) is 56.0 Å². The van der Waals surface area contributed by atoms with Crippen molar-refractivity contribution in [2.24, 2.45) is 0 Å². The lowest BCUT2D eigenvalue weighted by Gasteiger charge is -2.15. The molecule has 1 saturated heterocycles. The van der Waals surface area contributed by atoms with E-state index in [1.807, 2.05) is 31.1 Å². The number of halogens is 3. The number of pyridine rings is 3. The topological polar surface area (TPSA) is 112 Å². The zero-order valence-electron chi connectivity index (χ0n) is 24.7. The predicted molar refractivity (Wildman–Crippen MR) is 164 cm³/mol. The molecule has 0 bridgehead atoms. The quantitative estimate of drug-likeness (QED) is 0.219. The maximum atomic E-state index is 14.6. The summed E-state index contributed by atoms with van der Waals surface area (Å²) >= 11 is 0. The summed E-state index contributed by atoms with van der Waals surface area (Å²) < 4.78 is 47.8. The highest BCUT2D eigenvalue weighted by Gasteiger charge is 2.38. The molecule has 10 nitrogen and oxygen atoms in total. The Labute approximate surface area is 256 Å². The van der Waals surface area contributed by atoms with Gasteiger partial charge >= 0.3 is 0 Å². The number of aromatic amines is 2. The summed E-state index contributed by atoms with van der Waals surface area (Å²) in [6.07, 6.45) is 6.60. The Bertz CT molecular complexity index is 2010. The van der Waals surface area contributed by atoms with Crippen molar-refractivity contribution in [3.63, 3.8) is 0 Å². The van der Waals surface area contributed by atoms with Gasteiger partial charge in [0.25, 0.3) is 5.92 Å². The van der Waals surface area contributed by atoms with Gasteiger partial charge in [-0.25, -0.2) is 18.2 Å². The molecular weight excluding hydrogens is 583 g/mol. The normalized spacial score (nSPS) is 15.1. The van der Waals surface area contributed by atoms with Gasteiger partial charge in [-0.3, -0.25) is 25.0 Å². The van der Waals surface area contributed by atoms with Crippen LogP contribution in [0.15, 0.2) is 61.2 Å². The van der Waals surface area contributed by atoms with Crippen LogP contribution in [0.4, 0.5) is 13.2 Å². The van der Waals surface area contributed by atoms with E-state index >= 15 is 0 Å². The van der Waals surface area contributed by atoms with Crippen LogP contribution in [0.1, 0.15) is 12.0 Å². The molecule has 0 atom stereocenters. The van der Waals surface area contributed by atoms with E-state index in [-0.39, 0.29) is 13.0 Å². The van der Waals surface area contributed by atoms with Crippen molar-refractivity contribution < 1.29 is 17.9 Å². The van der Waals surface area contributed by atoms with Gasteiger partial charge in [-0.1, -0.05) is 0 Å². The van der Waals surface area contributed by atoms with Crippen LogP contribution in [0.2, 0.25) is 0 Å². The molecular formula is C32H30F3N9O. The lowest BCUT2D eigenvalue weighted by Crippen LogP contribution is -2.24. The molecule has 1 fully saturated rings. The zero-order chi connectivity index (χ0) is 31.1. The minimum atomic E-state index is -2.65. The number of aromatic nitrogens is 7. The average molecular weight is 614 g/mol. The molecule has 0 unspecified atom stereocenters. The molecule has 0 amide bonds. The Kier molecular flexibility index (Phi) is 7.42. The first-order chi connectivity index (χ1) is 21.7. The Hall–Kier alpha value is -4.88. The third-order valence-electron chi connectivity index (χ3n) is 7.77. The first-order valence-corrected chi connectivity index (χ1v) is 14.5. The van der Waals surface area contributed by atoms with Gasteiger partial charge in [-0.2, -0.15) is 5.10 Å². The maximum Gasteiger partial charge on any atom is 0.261 e. The number of alkyl halides is 2. The van der Waals surface area contributed by atoms with Crippen molar-refractivity contribution in [3.8, 4) is 39.8 Å². The number of hydrogen-bond acceptors (Lipinski definition) is 8. The number of imidazole rings is 1. The summed E-state index contributed by atoms with van der Waals surface area (Å²) in [5.41, 5.74) is 5.86. The first-order valence-electron chi connectivity index (χ1n) is 14.5. The molecule has 1 aliphatic rings. The molecule has 230 valence electrons. The van der Waals surface area contributed by atoms with E-state index in [0.717, 1.165) is 16.5 Å². The lowest BCUT2D eigenvalue weighted by atomic mass is 10.1. The van der Waals surface area contributed by atoms with Crippen molar-refractivity contribution in [1.82, 2.24) is 44.9 Å². The Morgan fingerprint density at radius 3 is 2.71 bits per heavy atom. The number of hydrogen-bond donors (Lipinski definition) is 2. The van der Waals surface area contributed by atoms with E-state index in [1.165, 1.54) is 12.1 Å². The largest absolute Gasteiger partial charge is 0.492 e. The molecule has 1 aromatic carbocycles. The van der Waals surface area contributed by atoms with Gasteiger partial charge in [0.1, 0.15) is 29.4 Å². The van der Waals surface area contributed by atoms with Gasteiger partial charge < -0.3 is 14.6 Å². The second kappa shape index (κ2) is 11.6. The number of nitrogens with one attached hydrogen (secondary N) is 2. The first kappa shape index (κ1) is 28.9. The number of likely N-dealkylation sites (N-methyl/N-ethyl adjacent to an activating group) is 1. The van der Waals surface area contributed by atoms with E-state index in [0.29, 0.717) is 77.0 Å². The zero-order valence-corrected chi connectivity index (χ0v) is 24.7. The summed E-state index contributed by atoms with van der Waals surface area (Å²) in [7, 11) is 3.89. The highest BCUT2D eigenvalue weighted by atomic mass is 19.3. The molecule has 0 spiro atoms. The van der Waals surface area contributed by atoms with E-state index < -0.39 is 11.7 Å². The molecule has 5 aromatic heterocycles. The van der Waals surface area contributed by atoms with Crippen molar-refractivity contribution in [2.45, 2.75) is 18.9 Å². The summed E-state index contributed by atoms with van der Waals surface area (Å²) in [6, 6.07) is 10.1. The third kappa shape index (κ3) is 6.08. The number of benzene rings is 1. The monoisotopic (exact) mass is 613 g/mol. The van der Waals surface area contributed by atoms with Gasteiger partial charge in [-0.15, -0.1) is 0 Å². The highest BCUT2D eigenvalue weighted by Crippen LogP contribution is 2.33. The number of H-pyrrole nitrogens is 2. The van der Waals surface area contributed by atoms with Crippen LogP contribution in [0, 0.1) is 5.82 Å². The smallest absolute Gasteiger partial charge is 0.261 e. The van der Waals surface area contributed by atoms with Crippen LogP contribution in [-0.4, -0.2) is 91.2 Å². The Balaban J connectivity index is 1.20. The summed E-state index contributed by atoms with van der Waals surface area (Å²) in [5.74, 6) is -2.17. The lowest BCUT2D eigenvalue weighted by molar-refractivity contribution is 0.0115. The molecule has 2 N–H and O–H groups in total. The van der Waals surface area contributed by atoms with Gasteiger partial charge in [0, 0.05) is 67.2 Å². The Morgan fingerprint density at radius 2 is 1.89 bits per heavy atom. The average Bonchev–Trinajstić information content (AvgIpc) is 3.72. The molecule has 6 aromatic rings. The Morgan fingerprint density at radius 1 is 1.00 bits per heavy atom. The van der Waals surface area contributed by atoms with Crippen molar-refractivity contribution in [2.75, 3.05) is 40.3 Å². The number of ether oxygens (including phenoxy) is 1. The molecule has 7 rings (SSSR count). The second-order valence-corrected chi connectivity index (χ2v) is 11.6. The fourth-order valence-corrected chi connectivity index (χ4v) is 5.56. The van der Waals surface area contributed by atoms with Crippen LogP contribution >= 0.6 is 0 Å². The van der Waals surface area contributed by atoms with Gasteiger partial charge in [0.15, 0.2) is 5.82 Å². The van der Waals surface area contributed by atoms with Crippen molar-refractivity contribution >= 4 is 21.9 Å². The second-order valence-electron chi connectivity index (χ2n) is 11.6. The van der Waals surface area contributed by atoms with Gasteiger partial charge in [0.2, 0.25) is 0 Å². The van der Waals surface area contributed by atoms with Crippen LogP contribution in [0.5, 0.6) is 5.75 Å². The highest BCUT2D eigenvalue weighted by molar-refractivity contribution is 5.96. The molecule has 0 radical (unpaired) electrons. The minimum absolute atomic E-state index is 0.129. The molecule has 1 aliphatic heterocycles. The molecule has 6 heterocycles. The summed E-state index contributed by atoms with van der Waals surface area (Å²) in [5, 5.41) is 8.31. The summed E-state index contributed by atoms with van der Waals surface area (Å²) in [4.78, 5) is 25.4. The fraction of sp³-hybridized carbons (Fsp3) is 0.281. The predicted octanol–water partition coefficient (Wildman–Crippen LogP) is 5.55. The molecule has 13 heteroatoms. The van der Waals surface area contributed by atoms with Crippen LogP contribution < -0.4 is 4.74 Å². The van der Waals surface area contributed by atoms with E-state index in [4.69, 9.17) is 9.72 Å². The third-order valence-corrected chi connectivity index (χ3v) is 7.77. The van der Waals surface area contributed by atoms with E-state index in [1.54, 1.807) is 41.8 Å². The van der Waals surface area contributed by atoms with E-state index in [2.05, 4.69) is 30.1 Å². The minimum Gasteiger partial charge on any atom is -0.492 e. The standard InChI is InChI=1S/C32H30F3N9O/c1-43(2)7-8-45-23-11-20(10-22(33)12-23)28-30-25(3-5-37-28)39-31(40-30)29-24-13-26(38-16-27(24)41-42-29)21-9-19(14-36-15-21)17-44-6-4-32(34,35)18-44/h3,5,9-16H,4,6-8,17-18H2,1-2H3,(H,39,40)(H,41,42). The number of fused-ring (bicyclic) bond motifs is 2. The van der Waals surface area contributed by atoms with E-state index in [9.17, 15) is 13.2 Å². The molecule has 0 saturated carbocycles. The number of likely N-dealkylation sites (tertiary alicyclic amines) is 1. The van der Waals surface area contributed by atoms with Crippen molar-refractivity contribution in [3.05, 3.63) is 72.6 Å².